The quantitative estimate of drug-likeness (QED) is 0.359. The molecular formula is C16H16O4. The Morgan fingerprint density at radius 3 is 2.45 bits per heavy atom. The van der Waals surface area contributed by atoms with Gasteiger partial charge in [-0.25, -0.2) is 9.59 Å². The van der Waals surface area contributed by atoms with E-state index in [1.54, 1.807) is 24.3 Å². The third kappa shape index (κ3) is 4.57. The predicted octanol–water partition coefficient (Wildman–Crippen LogP) is 2.69. The van der Waals surface area contributed by atoms with Crippen molar-refractivity contribution in [2.45, 2.75) is 12.8 Å². The van der Waals surface area contributed by atoms with E-state index >= 15 is 0 Å². The Balaban J connectivity index is 3.01. The second-order valence-corrected chi connectivity index (χ2v) is 3.97. The SMILES string of the molecule is C=CCc1cccc(OC(=O)/C=C/C(=O)O)c1CC=C. The summed E-state index contributed by atoms with van der Waals surface area (Å²) in [5.41, 5.74) is 1.84. The molecule has 0 saturated heterocycles. The van der Waals surface area contributed by atoms with Crippen LogP contribution in [-0.4, -0.2) is 17.0 Å². The summed E-state index contributed by atoms with van der Waals surface area (Å²) in [4.78, 5) is 21.9. The Kier molecular flexibility index (Phi) is 5.97. The molecule has 4 nitrogen and oxygen atoms in total. The van der Waals surface area contributed by atoms with E-state index in [1.165, 1.54) is 0 Å². The van der Waals surface area contributed by atoms with Gasteiger partial charge in [0.25, 0.3) is 0 Å². The van der Waals surface area contributed by atoms with Gasteiger partial charge in [0.05, 0.1) is 0 Å². The van der Waals surface area contributed by atoms with E-state index in [0.29, 0.717) is 18.6 Å². The van der Waals surface area contributed by atoms with E-state index in [9.17, 15) is 9.59 Å². The van der Waals surface area contributed by atoms with Crippen molar-refractivity contribution in [3.63, 3.8) is 0 Å². The Morgan fingerprint density at radius 1 is 1.15 bits per heavy atom. The van der Waals surface area contributed by atoms with Gasteiger partial charge in [0.1, 0.15) is 5.75 Å². The molecule has 0 atom stereocenters. The number of esters is 1. The van der Waals surface area contributed by atoms with Crippen molar-refractivity contribution >= 4 is 11.9 Å². The third-order valence-electron chi connectivity index (χ3n) is 2.52. The van der Waals surface area contributed by atoms with Gasteiger partial charge in [-0.3, -0.25) is 0 Å². The van der Waals surface area contributed by atoms with Gasteiger partial charge in [0.2, 0.25) is 0 Å². The zero-order valence-electron chi connectivity index (χ0n) is 11.0. The number of carbonyl (C=O) groups excluding carboxylic acids is 1. The van der Waals surface area contributed by atoms with Crippen LogP contribution in [0.3, 0.4) is 0 Å². The van der Waals surface area contributed by atoms with E-state index in [1.807, 2.05) is 6.07 Å². The van der Waals surface area contributed by atoms with Crippen LogP contribution >= 0.6 is 0 Å². The number of aliphatic carboxylic acids is 1. The van der Waals surface area contributed by atoms with Crippen LogP contribution in [0.25, 0.3) is 0 Å². The zero-order chi connectivity index (χ0) is 15.0. The number of rotatable bonds is 7. The molecule has 0 bridgehead atoms. The lowest BCUT2D eigenvalue weighted by Crippen LogP contribution is -2.08. The second kappa shape index (κ2) is 7.74. The van der Waals surface area contributed by atoms with Crippen LogP contribution in [0.15, 0.2) is 55.7 Å². The summed E-state index contributed by atoms with van der Waals surface area (Å²) < 4.78 is 5.16. The molecule has 1 rings (SSSR count). The van der Waals surface area contributed by atoms with Gasteiger partial charge in [-0.1, -0.05) is 24.3 Å². The maximum absolute atomic E-state index is 11.5. The van der Waals surface area contributed by atoms with Gasteiger partial charge in [0, 0.05) is 17.7 Å². The first-order valence-corrected chi connectivity index (χ1v) is 6.03. The maximum atomic E-state index is 11.5. The number of allylic oxidation sites excluding steroid dienone is 2. The molecular weight excluding hydrogens is 256 g/mol. The Bertz CT molecular complexity index is 556. The topological polar surface area (TPSA) is 63.6 Å². The highest BCUT2D eigenvalue weighted by atomic mass is 16.5. The minimum atomic E-state index is -1.20. The molecule has 104 valence electrons. The van der Waals surface area contributed by atoms with E-state index in [4.69, 9.17) is 9.84 Å². The van der Waals surface area contributed by atoms with E-state index < -0.39 is 11.9 Å². The van der Waals surface area contributed by atoms with Crippen LogP contribution in [0.2, 0.25) is 0 Å². The van der Waals surface area contributed by atoms with Crippen molar-refractivity contribution in [2.75, 3.05) is 0 Å². The van der Waals surface area contributed by atoms with Crippen molar-refractivity contribution in [1.29, 1.82) is 0 Å². The lowest BCUT2D eigenvalue weighted by molar-refractivity contribution is -0.133. The fourth-order valence-electron chi connectivity index (χ4n) is 1.71. The second-order valence-electron chi connectivity index (χ2n) is 3.97. The average molecular weight is 272 g/mol. The molecule has 1 aromatic carbocycles. The first-order chi connectivity index (χ1) is 9.58. The Morgan fingerprint density at radius 2 is 1.85 bits per heavy atom. The molecule has 0 aliphatic carbocycles. The van der Waals surface area contributed by atoms with Crippen LogP contribution in [0.1, 0.15) is 11.1 Å². The molecule has 0 heterocycles. The molecule has 0 spiro atoms. The number of carboxylic acids is 1. The molecule has 0 aliphatic heterocycles. The number of hydrogen-bond acceptors (Lipinski definition) is 3. The summed E-state index contributed by atoms with van der Waals surface area (Å²) >= 11 is 0. The molecule has 1 aromatic rings. The van der Waals surface area contributed by atoms with Gasteiger partial charge >= 0.3 is 11.9 Å². The molecule has 4 heteroatoms. The van der Waals surface area contributed by atoms with Crippen molar-refractivity contribution in [3.05, 3.63) is 66.8 Å². The maximum Gasteiger partial charge on any atom is 0.336 e. The number of hydrogen-bond donors (Lipinski definition) is 1. The lowest BCUT2D eigenvalue weighted by atomic mass is 10.0. The zero-order valence-corrected chi connectivity index (χ0v) is 11.0. The van der Waals surface area contributed by atoms with E-state index in [2.05, 4.69) is 13.2 Å². The summed E-state index contributed by atoms with van der Waals surface area (Å²) in [5, 5.41) is 8.46. The van der Waals surface area contributed by atoms with Crippen molar-refractivity contribution in [2.24, 2.45) is 0 Å². The highest BCUT2D eigenvalue weighted by Crippen LogP contribution is 2.24. The minimum Gasteiger partial charge on any atom is -0.478 e. The molecule has 20 heavy (non-hydrogen) atoms. The molecule has 0 aromatic heterocycles. The van der Waals surface area contributed by atoms with Gasteiger partial charge in [0.15, 0.2) is 0 Å². The molecule has 0 saturated carbocycles. The summed E-state index contributed by atoms with van der Waals surface area (Å²) in [7, 11) is 0. The fourth-order valence-corrected chi connectivity index (χ4v) is 1.71. The molecule has 0 aliphatic rings. The number of benzene rings is 1. The predicted molar refractivity (Wildman–Crippen MR) is 76.7 cm³/mol. The Labute approximate surface area is 117 Å². The van der Waals surface area contributed by atoms with E-state index in [-0.39, 0.29) is 0 Å². The van der Waals surface area contributed by atoms with Crippen molar-refractivity contribution < 1.29 is 19.4 Å². The molecule has 0 amide bonds. The van der Waals surface area contributed by atoms with Crippen LogP contribution in [0, 0.1) is 0 Å². The van der Waals surface area contributed by atoms with Gasteiger partial charge in [-0.2, -0.15) is 0 Å². The largest absolute Gasteiger partial charge is 0.478 e. The molecule has 1 N–H and O–H groups in total. The first kappa shape index (κ1) is 15.4. The lowest BCUT2D eigenvalue weighted by Gasteiger charge is -2.11. The third-order valence-corrected chi connectivity index (χ3v) is 2.52. The van der Waals surface area contributed by atoms with Crippen LogP contribution in [0.4, 0.5) is 0 Å². The van der Waals surface area contributed by atoms with E-state index in [0.717, 1.165) is 23.3 Å². The molecule has 0 radical (unpaired) electrons. The molecule has 0 unspecified atom stereocenters. The average Bonchev–Trinajstić information content (AvgIpc) is 2.40. The van der Waals surface area contributed by atoms with Crippen molar-refractivity contribution in [1.82, 2.24) is 0 Å². The summed E-state index contributed by atoms with van der Waals surface area (Å²) in [6.07, 6.45) is 6.29. The van der Waals surface area contributed by atoms with Gasteiger partial charge in [-0.05, 0) is 24.5 Å². The normalized spacial score (nSPS) is 10.2. The summed E-state index contributed by atoms with van der Waals surface area (Å²) in [6, 6.07) is 5.36. The van der Waals surface area contributed by atoms with Gasteiger partial charge < -0.3 is 9.84 Å². The van der Waals surface area contributed by atoms with Crippen molar-refractivity contribution in [3.8, 4) is 5.75 Å². The minimum absolute atomic E-state index is 0.407. The number of ether oxygens (including phenoxy) is 1. The highest BCUT2D eigenvalue weighted by molar-refractivity contribution is 5.91. The monoisotopic (exact) mass is 272 g/mol. The standard InChI is InChI=1S/C16H16O4/c1-3-6-12-8-5-9-14(13(12)7-4-2)20-16(19)11-10-15(17)18/h3-5,8-11H,1-2,6-7H2,(H,17,18)/b11-10+. The molecule has 0 fully saturated rings. The number of carboxylic acid groups (broad SMARTS) is 1. The highest BCUT2D eigenvalue weighted by Gasteiger charge is 2.10. The summed E-state index contributed by atoms with van der Waals surface area (Å²) in [6.45, 7) is 7.37. The van der Waals surface area contributed by atoms with Gasteiger partial charge in [-0.15, -0.1) is 13.2 Å². The fraction of sp³-hybridized carbons (Fsp3) is 0.125. The first-order valence-electron chi connectivity index (χ1n) is 6.03. The van der Waals surface area contributed by atoms with Crippen LogP contribution in [-0.2, 0) is 22.4 Å². The van der Waals surface area contributed by atoms with Crippen LogP contribution < -0.4 is 4.74 Å². The Hall–Kier alpha value is -2.62. The smallest absolute Gasteiger partial charge is 0.336 e. The van der Waals surface area contributed by atoms with Crippen LogP contribution in [0.5, 0.6) is 5.75 Å². The number of carbonyl (C=O) groups is 2. The summed E-state index contributed by atoms with van der Waals surface area (Å²) in [5.74, 6) is -1.52.